The molecule has 1 amide bonds. The van der Waals surface area contributed by atoms with E-state index in [1.165, 1.54) is 41.9 Å². The molecule has 25 heavy (non-hydrogen) atoms. The maximum absolute atomic E-state index is 12.4. The molecule has 3 aromatic rings. The van der Waals surface area contributed by atoms with Crippen LogP contribution >= 0.6 is 11.3 Å². The van der Waals surface area contributed by atoms with Crippen LogP contribution in [0.2, 0.25) is 0 Å². The number of fused-ring (bicyclic) bond motifs is 1. The van der Waals surface area contributed by atoms with E-state index in [4.69, 9.17) is 4.42 Å². The number of rotatable bonds is 4. The maximum Gasteiger partial charge on any atom is 0.257 e. The Labute approximate surface area is 149 Å². The molecular formula is C18H20N4O2S. The van der Waals surface area contributed by atoms with E-state index in [0.29, 0.717) is 27.8 Å². The van der Waals surface area contributed by atoms with Crippen LogP contribution in [-0.2, 0) is 6.54 Å². The Morgan fingerprint density at radius 1 is 1.40 bits per heavy atom. The molecule has 0 saturated carbocycles. The van der Waals surface area contributed by atoms with Crippen LogP contribution in [0.5, 0.6) is 0 Å². The molecule has 1 aliphatic heterocycles. The molecule has 3 heterocycles. The fourth-order valence-corrected chi connectivity index (χ4v) is 4.03. The Bertz CT molecular complexity index is 888. The number of nitrogens with one attached hydrogen (secondary N) is 1. The summed E-state index contributed by atoms with van der Waals surface area (Å²) >= 11 is 1.54. The topological polar surface area (TPSA) is 71.3 Å². The normalized spacial score (nSPS) is 18.5. The number of nitrogens with zero attached hydrogens (tertiary/aromatic N) is 3. The third-order valence-corrected chi connectivity index (χ3v) is 5.56. The van der Waals surface area contributed by atoms with Crippen LogP contribution in [0.15, 0.2) is 35.2 Å². The summed E-state index contributed by atoms with van der Waals surface area (Å²) in [5.41, 5.74) is 1.89. The summed E-state index contributed by atoms with van der Waals surface area (Å²) in [6.07, 6.45) is 7.07. The Morgan fingerprint density at radius 3 is 3.20 bits per heavy atom. The van der Waals surface area contributed by atoms with Crippen molar-refractivity contribution in [1.29, 1.82) is 0 Å². The van der Waals surface area contributed by atoms with E-state index >= 15 is 0 Å². The summed E-state index contributed by atoms with van der Waals surface area (Å²) in [7, 11) is 0. The van der Waals surface area contributed by atoms with Gasteiger partial charge >= 0.3 is 0 Å². The third-order valence-electron chi connectivity index (χ3n) is 4.67. The van der Waals surface area contributed by atoms with E-state index in [1.54, 1.807) is 18.2 Å². The summed E-state index contributed by atoms with van der Waals surface area (Å²) in [4.78, 5) is 24.5. The number of piperidine rings is 1. The molecule has 1 N–H and O–H groups in total. The van der Waals surface area contributed by atoms with Crippen molar-refractivity contribution in [2.24, 2.45) is 0 Å². The average molecular weight is 356 g/mol. The molecule has 7 heteroatoms. The van der Waals surface area contributed by atoms with E-state index < -0.39 is 0 Å². The largest absolute Gasteiger partial charge is 0.443 e. The Hall–Kier alpha value is -2.25. The van der Waals surface area contributed by atoms with Crippen LogP contribution in [0.1, 0.15) is 41.4 Å². The first-order chi connectivity index (χ1) is 12.2. The highest BCUT2D eigenvalue weighted by atomic mass is 32.1. The summed E-state index contributed by atoms with van der Waals surface area (Å²) < 4.78 is 5.20. The molecule has 130 valence electrons. The fraction of sp³-hybridized carbons (Fsp3) is 0.389. The van der Waals surface area contributed by atoms with Gasteiger partial charge in [0.1, 0.15) is 5.52 Å². The smallest absolute Gasteiger partial charge is 0.257 e. The van der Waals surface area contributed by atoms with E-state index in [2.05, 4.69) is 27.1 Å². The molecule has 6 nitrogen and oxygen atoms in total. The molecule has 1 aromatic carbocycles. The van der Waals surface area contributed by atoms with Crippen LogP contribution in [0.4, 0.5) is 5.13 Å². The monoisotopic (exact) mass is 356 g/mol. The maximum atomic E-state index is 12.4. The zero-order valence-electron chi connectivity index (χ0n) is 14.1. The lowest BCUT2D eigenvalue weighted by Crippen LogP contribution is -2.36. The number of carbonyl (C=O) groups is 1. The second-order valence-electron chi connectivity index (χ2n) is 6.44. The minimum atomic E-state index is -0.183. The van der Waals surface area contributed by atoms with Gasteiger partial charge in [0.25, 0.3) is 5.91 Å². The minimum Gasteiger partial charge on any atom is -0.443 e. The fourth-order valence-electron chi connectivity index (χ4n) is 3.20. The van der Waals surface area contributed by atoms with Crippen LogP contribution in [0.3, 0.4) is 0 Å². The summed E-state index contributed by atoms with van der Waals surface area (Å²) in [6, 6.07) is 5.82. The number of carbonyl (C=O) groups excluding carboxylic acids is 1. The first-order valence-electron chi connectivity index (χ1n) is 8.52. The highest BCUT2D eigenvalue weighted by Crippen LogP contribution is 2.24. The van der Waals surface area contributed by atoms with Crippen molar-refractivity contribution in [2.45, 2.75) is 38.8 Å². The van der Waals surface area contributed by atoms with Gasteiger partial charge in [-0.1, -0.05) is 6.42 Å². The molecule has 1 fully saturated rings. The lowest BCUT2D eigenvalue weighted by molar-refractivity contribution is 0.102. The zero-order chi connectivity index (χ0) is 17.2. The van der Waals surface area contributed by atoms with Gasteiger partial charge in [-0.2, -0.15) is 0 Å². The van der Waals surface area contributed by atoms with Crippen molar-refractivity contribution in [3.05, 3.63) is 41.2 Å². The highest BCUT2D eigenvalue weighted by Gasteiger charge is 2.19. The standard InChI is InChI=1S/C18H20N4O2S/c1-12-4-2-3-7-22(12)10-14-9-19-18(25-14)21-17(23)13-5-6-16-15(8-13)20-11-24-16/h5-6,8-9,11-12H,2-4,7,10H2,1H3,(H,19,21,23). The van der Waals surface area contributed by atoms with Crippen molar-refractivity contribution in [2.75, 3.05) is 11.9 Å². The Morgan fingerprint density at radius 2 is 2.32 bits per heavy atom. The number of thiazole rings is 1. The lowest BCUT2D eigenvalue weighted by Gasteiger charge is -2.32. The molecule has 4 rings (SSSR count). The predicted molar refractivity (Wildman–Crippen MR) is 97.8 cm³/mol. The number of amides is 1. The molecule has 0 spiro atoms. The van der Waals surface area contributed by atoms with Crippen molar-refractivity contribution in [3.8, 4) is 0 Å². The highest BCUT2D eigenvalue weighted by molar-refractivity contribution is 7.15. The van der Waals surface area contributed by atoms with Crippen molar-refractivity contribution < 1.29 is 9.21 Å². The van der Waals surface area contributed by atoms with Gasteiger partial charge in [-0.15, -0.1) is 11.3 Å². The molecule has 0 aliphatic carbocycles. The molecule has 2 aromatic heterocycles. The van der Waals surface area contributed by atoms with E-state index in [1.807, 2.05) is 6.20 Å². The molecule has 1 atom stereocenters. The number of oxazole rings is 1. The second kappa shape index (κ2) is 6.93. The van der Waals surface area contributed by atoms with Crippen molar-refractivity contribution in [1.82, 2.24) is 14.9 Å². The summed E-state index contributed by atoms with van der Waals surface area (Å²) in [5.74, 6) is -0.183. The van der Waals surface area contributed by atoms with E-state index in [9.17, 15) is 4.79 Å². The number of benzene rings is 1. The van der Waals surface area contributed by atoms with Crippen LogP contribution < -0.4 is 5.32 Å². The van der Waals surface area contributed by atoms with Gasteiger partial charge in [0.15, 0.2) is 17.1 Å². The Kier molecular flexibility index (Phi) is 4.50. The van der Waals surface area contributed by atoms with Gasteiger partial charge in [0.05, 0.1) is 0 Å². The number of hydrogen-bond acceptors (Lipinski definition) is 6. The molecule has 0 bridgehead atoms. The second-order valence-corrected chi connectivity index (χ2v) is 7.55. The first-order valence-corrected chi connectivity index (χ1v) is 9.34. The van der Waals surface area contributed by atoms with E-state index in [0.717, 1.165) is 13.1 Å². The van der Waals surface area contributed by atoms with Crippen molar-refractivity contribution in [3.63, 3.8) is 0 Å². The average Bonchev–Trinajstić information content (AvgIpc) is 3.25. The quantitative estimate of drug-likeness (QED) is 0.767. The van der Waals surface area contributed by atoms with Gasteiger partial charge in [0, 0.05) is 29.2 Å². The van der Waals surface area contributed by atoms with Crippen LogP contribution in [0, 0.1) is 0 Å². The van der Waals surface area contributed by atoms with Gasteiger partial charge in [0.2, 0.25) is 0 Å². The number of likely N-dealkylation sites (tertiary alicyclic amines) is 1. The third kappa shape index (κ3) is 3.57. The molecule has 1 aliphatic rings. The minimum absolute atomic E-state index is 0.183. The van der Waals surface area contributed by atoms with Gasteiger partial charge in [-0.25, -0.2) is 9.97 Å². The summed E-state index contributed by atoms with van der Waals surface area (Å²) in [6.45, 7) is 4.32. The van der Waals surface area contributed by atoms with Crippen LogP contribution in [-0.4, -0.2) is 33.4 Å². The Balaban J connectivity index is 1.42. The van der Waals surface area contributed by atoms with Gasteiger partial charge in [-0.05, 0) is 44.5 Å². The van der Waals surface area contributed by atoms with Gasteiger partial charge in [-0.3, -0.25) is 15.0 Å². The predicted octanol–water partition coefficient (Wildman–Crippen LogP) is 3.91. The number of anilines is 1. The molecular weight excluding hydrogens is 336 g/mol. The number of hydrogen-bond donors (Lipinski definition) is 1. The van der Waals surface area contributed by atoms with Crippen molar-refractivity contribution >= 4 is 33.5 Å². The zero-order valence-corrected chi connectivity index (χ0v) is 14.9. The molecule has 1 saturated heterocycles. The summed E-state index contributed by atoms with van der Waals surface area (Å²) in [5, 5.41) is 3.51. The SMILES string of the molecule is CC1CCCCN1Cc1cnc(NC(=O)c2ccc3ocnc3c2)s1. The molecule has 1 unspecified atom stereocenters. The van der Waals surface area contributed by atoms with E-state index in [-0.39, 0.29) is 5.91 Å². The number of aromatic nitrogens is 2. The van der Waals surface area contributed by atoms with Gasteiger partial charge < -0.3 is 4.42 Å². The first kappa shape index (κ1) is 16.2. The van der Waals surface area contributed by atoms with Crippen LogP contribution in [0.25, 0.3) is 11.1 Å². The molecule has 0 radical (unpaired) electrons. The lowest BCUT2D eigenvalue weighted by atomic mass is 10.0.